The van der Waals surface area contributed by atoms with E-state index in [1.165, 1.54) is 4.88 Å². The Morgan fingerprint density at radius 2 is 2.45 bits per heavy atom. The number of aryl methyl sites for hydroxylation is 1. The van der Waals surface area contributed by atoms with Gasteiger partial charge in [-0.05, 0) is 34.2 Å². The van der Waals surface area contributed by atoms with Gasteiger partial charge in [-0.15, -0.1) is 11.3 Å². The molecule has 62 valence electrons. The molecule has 0 spiro atoms. The Morgan fingerprint density at radius 3 is 2.91 bits per heavy atom. The lowest BCUT2D eigenvalue weighted by molar-refractivity contribution is 0.425. The first-order valence-electron chi connectivity index (χ1n) is 3.21. The number of rotatable bonds is 3. The topological polar surface area (TPSA) is 9.23 Å². The van der Waals surface area contributed by atoms with E-state index in [0.717, 1.165) is 21.7 Å². The molecular formula is C7H9BrOS2. The molecule has 0 fully saturated rings. The molecule has 1 aromatic heterocycles. The van der Waals surface area contributed by atoms with Gasteiger partial charge >= 0.3 is 0 Å². The van der Waals surface area contributed by atoms with Crippen LogP contribution < -0.4 is 4.74 Å². The van der Waals surface area contributed by atoms with Gasteiger partial charge in [0, 0.05) is 4.88 Å². The van der Waals surface area contributed by atoms with Gasteiger partial charge in [0.2, 0.25) is 0 Å². The van der Waals surface area contributed by atoms with Crippen LogP contribution in [0.25, 0.3) is 0 Å². The summed E-state index contributed by atoms with van der Waals surface area (Å²) in [5.41, 5.74) is 0. The third-order valence-electron chi connectivity index (χ3n) is 1.25. The first-order valence-corrected chi connectivity index (χ1v) is 5.45. The zero-order chi connectivity index (χ0) is 8.27. The third-order valence-corrected chi connectivity index (χ3v) is 3.48. The fraction of sp³-hybridized carbons (Fsp3) is 0.429. The lowest BCUT2D eigenvalue weighted by atomic mass is 10.4. The van der Waals surface area contributed by atoms with E-state index in [1.807, 2.05) is 0 Å². The van der Waals surface area contributed by atoms with Gasteiger partial charge in [-0.25, -0.2) is 0 Å². The van der Waals surface area contributed by atoms with Crippen molar-refractivity contribution in [3.63, 3.8) is 0 Å². The van der Waals surface area contributed by atoms with Crippen LogP contribution in [0.4, 0.5) is 0 Å². The smallest absolute Gasteiger partial charge is 0.188 e. The van der Waals surface area contributed by atoms with Gasteiger partial charge in [0.05, 0.1) is 11.6 Å². The molecule has 0 aliphatic rings. The average molecular weight is 253 g/mol. The Bertz CT molecular complexity index is 234. The fourth-order valence-corrected chi connectivity index (χ4v) is 2.85. The summed E-state index contributed by atoms with van der Waals surface area (Å²) < 4.78 is 6.16. The number of thiol groups is 1. The second kappa shape index (κ2) is 4.38. The highest BCUT2D eigenvalue weighted by molar-refractivity contribution is 9.10. The van der Waals surface area contributed by atoms with Crippen molar-refractivity contribution < 1.29 is 4.74 Å². The van der Waals surface area contributed by atoms with Crippen molar-refractivity contribution in [2.45, 2.75) is 6.42 Å². The molecule has 0 amide bonds. The molecular weight excluding hydrogens is 244 g/mol. The van der Waals surface area contributed by atoms with Crippen molar-refractivity contribution in [2.75, 3.05) is 12.9 Å². The molecule has 0 aromatic carbocycles. The summed E-state index contributed by atoms with van der Waals surface area (Å²) in [6.07, 6.45) is 1.01. The largest absolute Gasteiger partial charge is 0.486 e. The van der Waals surface area contributed by atoms with E-state index in [2.05, 4.69) is 34.6 Å². The van der Waals surface area contributed by atoms with Gasteiger partial charge < -0.3 is 4.74 Å². The van der Waals surface area contributed by atoms with E-state index in [1.54, 1.807) is 18.4 Å². The highest BCUT2D eigenvalue weighted by atomic mass is 79.9. The van der Waals surface area contributed by atoms with Gasteiger partial charge in [-0.3, -0.25) is 0 Å². The maximum atomic E-state index is 5.12. The number of thiophene rings is 1. The van der Waals surface area contributed by atoms with E-state index in [-0.39, 0.29) is 0 Å². The molecule has 0 unspecified atom stereocenters. The highest BCUT2D eigenvalue weighted by Crippen LogP contribution is 2.34. The normalized spacial score (nSPS) is 10.1. The SMILES string of the molecule is COc1sc(CCS)cc1Br. The summed E-state index contributed by atoms with van der Waals surface area (Å²) in [4.78, 5) is 1.31. The highest BCUT2D eigenvalue weighted by Gasteiger charge is 2.05. The molecule has 1 rings (SSSR count). The van der Waals surface area contributed by atoms with Gasteiger partial charge in [0.15, 0.2) is 5.06 Å². The lowest BCUT2D eigenvalue weighted by Crippen LogP contribution is -1.77. The van der Waals surface area contributed by atoms with Crippen LogP contribution in [0.5, 0.6) is 5.06 Å². The maximum absolute atomic E-state index is 5.12. The standard InChI is InChI=1S/C7H9BrOS2/c1-9-7-6(8)4-5(11-7)2-3-10/h4,10H,2-3H2,1H3. The van der Waals surface area contributed by atoms with Crippen molar-refractivity contribution in [1.29, 1.82) is 0 Å². The van der Waals surface area contributed by atoms with Crippen LogP contribution in [-0.2, 0) is 6.42 Å². The van der Waals surface area contributed by atoms with E-state index >= 15 is 0 Å². The zero-order valence-electron chi connectivity index (χ0n) is 6.13. The molecule has 0 N–H and O–H groups in total. The van der Waals surface area contributed by atoms with E-state index in [4.69, 9.17) is 4.74 Å². The second-order valence-corrected chi connectivity index (χ2v) is 4.43. The summed E-state index contributed by atoms with van der Waals surface area (Å²) in [6, 6.07) is 2.08. The number of hydrogen-bond donors (Lipinski definition) is 1. The Labute approximate surface area is 84.3 Å². The number of ether oxygens (including phenoxy) is 1. The van der Waals surface area contributed by atoms with E-state index in [0.29, 0.717) is 0 Å². The molecule has 1 nitrogen and oxygen atoms in total. The molecule has 0 radical (unpaired) electrons. The number of halogens is 1. The van der Waals surface area contributed by atoms with Crippen LogP contribution in [0.2, 0.25) is 0 Å². The summed E-state index contributed by atoms with van der Waals surface area (Å²) >= 11 is 9.23. The number of hydrogen-bond acceptors (Lipinski definition) is 3. The first kappa shape index (κ1) is 9.42. The average Bonchev–Trinajstić information content (AvgIpc) is 2.32. The Kier molecular flexibility index (Phi) is 3.75. The molecule has 0 aliphatic heterocycles. The van der Waals surface area contributed by atoms with Crippen molar-refractivity contribution in [2.24, 2.45) is 0 Å². The molecule has 0 saturated carbocycles. The minimum absolute atomic E-state index is 0.885. The minimum atomic E-state index is 0.885. The predicted molar refractivity (Wildman–Crippen MR) is 56.1 cm³/mol. The molecule has 0 atom stereocenters. The zero-order valence-corrected chi connectivity index (χ0v) is 9.43. The Balaban J connectivity index is 2.77. The molecule has 1 aromatic rings. The van der Waals surface area contributed by atoms with Gasteiger partial charge in [0.25, 0.3) is 0 Å². The van der Waals surface area contributed by atoms with Crippen LogP contribution in [-0.4, -0.2) is 12.9 Å². The summed E-state index contributed by atoms with van der Waals surface area (Å²) in [7, 11) is 1.68. The van der Waals surface area contributed by atoms with Crippen molar-refractivity contribution in [3.8, 4) is 5.06 Å². The predicted octanol–water partition coefficient (Wildman–Crippen LogP) is 2.99. The Hall–Kier alpha value is 0.330. The van der Waals surface area contributed by atoms with E-state index < -0.39 is 0 Å². The van der Waals surface area contributed by atoms with Crippen LogP contribution in [0.3, 0.4) is 0 Å². The van der Waals surface area contributed by atoms with Crippen molar-refractivity contribution >= 4 is 39.9 Å². The Morgan fingerprint density at radius 1 is 1.73 bits per heavy atom. The minimum Gasteiger partial charge on any atom is -0.486 e. The van der Waals surface area contributed by atoms with Crippen LogP contribution in [0.1, 0.15) is 4.88 Å². The molecule has 0 saturated heterocycles. The fourth-order valence-electron chi connectivity index (χ4n) is 0.770. The molecule has 0 aliphatic carbocycles. The van der Waals surface area contributed by atoms with Crippen molar-refractivity contribution in [3.05, 3.63) is 15.4 Å². The van der Waals surface area contributed by atoms with Crippen LogP contribution >= 0.6 is 39.9 Å². The first-order chi connectivity index (χ1) is 5.27. The number of methoxy groups -OCH3 is 1. The second-order valence-electron chi connectivity index (χ2n) is 2.03. The molecule has 4 heteroatoms. The maximum Gasteiger partial charge on any atom is 0.188 e. The summed E-state index contributed by atoms with van der Waals surface area (Å²) in [6.45, 7) is 0. The molecule has 11 heavy (non-hydrogen) atoms. The van der Waals surface area contributed by atoms with Crippen LogP contribution in [0.15, 0.2) is 10.5 Å². The van der Waals surface area contributed by atoms with Gasteiger partial charge in [-0.1, -0.05) is 0 Å². The summed E-state index contributed by atoms with van der Waals surface area (Å²) in [5, 5.41) is 0.946. The molecule has 0 bridgehead atoms. The lowest BCUT2D eigenvalue weighted by Gasteiger charge is -1.91. The molecule has 1 heterocycles. The monoisotopic (exact) mass is 252 g/mol. The van der Waals surface area contributed by atoms with Gasteiger partial charge in [-0.2, -0.15) is 12.6 Å². The van der Waals surface area contributed by atoms with Gasteiger partial charge in [0.1, 0.15) is 0 Å². The quantitative estimate of drug-likeness (QED) is 0.815. The van der Waals surface area contributed by atoms with Crippen LogP contribution in [0, 0.1) is 0 Å². The summed E-state index contributed by atoms with van der Waals surface area (Å²) in [5.74, 6) is 0.885. The van der Waals surface area contributed by atoms with Crippen molar-refractivity contribution in [1.82, 2.24) is 0 Å². The third kappa shape index (κ3) is 2.39. The van der Waals surface area contributed by atoms with E-state index in [9.17, 15) is 0 Å².